The number of nitrogens with zero attached hydrogens (tertiary/aromatic N) is 4. The number of aromatic nitrogens is 4. The van der Waals surface area contributed by atoms with Crippen LogP contribution in [0.5, 0.6) is 0 Å². The van der Waals surface area contributed by atoms with Gasteiger partial charge in [-0.2, -0.15) is 28.1 Å². The Morgan fingerprint density at radius 1 is 1.08 bits per heavy atom. The SMILES string of the molecule is Nc1nc(Nc2ccnc(C(F)(F)F)c2)nc(-c2cccc(CO)c2)n1. The minimum absolute atomic E-state index is 0.0128. The number of rotatable bonds is 4. The topological polar surface area (TPSA) is 110 Å². The molecule has 0 atom stereocenters. The molecule has 10 heteroatoms. The second-order valence-electron chi connectivity index (χ2n) is 5.25. The van der Waals surface area contributed by atoms with Crippen molar-refractivity contribution in [3.05, 3.63) is 53.9 Å². The Labute approximate surface area is 145 Å². The van der Waals surface area contributed by atoms with Gasteiger partial charge in [-0.3, -0.25) is 4.98 Å². The number of aliphatic hydroxyl groups excluding tert-OH is 1. The molecule has 0 bridgehead atoms. The Kier molecular flexibility index (Phi) is 4.67. The Hall–Kier alpha value is -3.27. The first-order valence-corrected chi connectivity index (χ1v) is 7.37. The third-order valence-electron chi connectivity index (χ3n) is 3.33. The fourth-order valence-corrected chi connectivity index (χ4v) is 2.18. The summed E-state index contributed by atoms with van der Waals surface area (Å²) >= 11 is 0. The van der Waals surface area contributed by atoms with Crippen molar-refractivity contribution >= 4 is 17.6 Å². The summed E-state index contributed by atoms with van der Waals surface area (Å²) in [5, 5.41) is 11.9. The fraction of sp³-hybridized carbons (Fsp3) is 0.125. The molecule has 2 aromatic heterocycles. The van der Waals surface area contributed by atoms with Crippen molar-refractivity contribution in [3.63, 3.8) is 0 Å². The van der Waals surface area contributed by atoms with E-state index in [0.29, 0.717) is 11.1 Å². The van der Waals surface area contributed by atoms with E-state index in [1.165, 1.54) is 6.07 Å². The van der Waals surface area contributed by atoms with Crippen LogP contribution >= 0.6 is 0 Å². The molecule has 4 N–H and O–H groups in total. The van der Waals surface area contributed by atoms with E-state index >= 15 is 0 Å². The van der Waals surface area contributed by atoms with Crippen LogP contribution < -0.4 is 11.1 Å². The highest BCUT2D eigenvalue weighted by molar-refractivity contribution is 5.61. The predicted molar refractivity (Wildman–Crippen MR) is 88.1 cm³/mol. The molecule has 0 saturated carbocycles. The van der Waals surface area contributed by atoms with Gasteiger partial charge >= 0.3 is 6.18 Å². The summed E-state index contributed by atoms with van der Waals surface area (Å²) in [5.74, 6) is 0.110. The van der Waals surface area contributed by atoms with Gasteiger partial charge in [0.1, 0.15) is 5.69 Å². The summed E-state index contributed by atoms with van der Waals surface area (Å²) in [6.45, 7) is -0.156. The maximum absolute atomic E-state index is 12.8. The highest BCUT2D eigenvalue weighted by Crippen LogP contribution is 2.29. The molecule has 0 spiro atoms. The van der Waals surface area contributed by atoms with E-state index in [1.54, 1.807) is 24.3 Å². The number of hydrogen-bond acceptors (Lipinski definition) is 7. The normalized spacial score (nSPS) is 11.4. The lowest BCUT2D eigenvalue weighted by Gasteiger charge is -2.10. The first-order chi connectivity index (χ1) is 12.3. The summed E-state index contributed by atoms with van der Waals surface area (Å²) in [6, 6.07) is 9.02. The van der Waals surface area contributed by atoms with Gasteiger partial charge < -0.3 is 16.2 Å². The average Bonchev–Trinajstić information content (AvgIpc) is 2.61. The van der Waals surface area contributed by atoms with Gasteiger partial charge in [0.2, 0.25) is 11.9 Å². The molecular weight excluding hydrogens is 349 g/mol. The molecule has 7 nitrogen and oxygen atoms in total. The van der Waals surface area contributed by atoms with Gasteiger partial charge in [-0.15, -0.1) is 0 Å². The van der Waals surface area contributed by atoms with E-state index in [-0.39, 0.29) is 30.0 Å². The summed E-state index contributed by atoms with van der Waals surface area (Å²) in [5.41, 5.74) is 5.98. The van der Waals surface area contributed by atoms with Gasteiger partial charge in [0.05, 0.1) is 6.61 Å². The standard InChI is InChI=1S/C16H13F3N6O/c17-16(18,19)12-7-11(4-5-21-12)22-15-24-13(23-14(20)25-15)10-3-1-2-9(6-10)8-26/h1-7,26H,8H2,(H3,20,21,22,23,24,25). The minimum atomic E-state index is -4.56. The number of pyridine rings is 1. The Morgan fingerprint density at radius 2 is 1.88 bits per heavy atom. The lowest BCUT2D eigenvalue weighted by atomic mass is 10.1. The smallest absolute Gasteiger partial charge is 0.392 e. The van der Waals surface area contributed by atoms with E-state index in [2.05, 4.69) is 25.3 Å². The molecule has 3 rings (SSSR count). The molecule has 0 fully saturated rings. The van der Waals surface area contributed by atoms with Crippen molar-refractivity contribution < 1.29 is 18.3 Å². The second kappa shape index (κ2) is 6.92. The van der Waals surface area contributed by atoms with Gasteiger partial charge in [-0.05, 0) is 23.8 Å². The third-order valence-corrected chi connectivity index (χ3v) is 3.33. The Balaban J connectivity index is 1.93. The fourth-order valence-electron chi connectivity index (χ4n) is 2.18. The van der Waals surface area contributed by atoms with Crippen LogP contribution in [0, 0.1) is 0 Å². The monoisotopic (exact) mass is 362 g/mol. The van der Waals surface area contributed by atoms with Crippen LogP contribution in [-0.4, -0.2) is 25.0 Å². The number of aliphatic hydroxyl groups is 1. The zero-order valence-electron chi connectivity index (χ0n) is 13.2. The molecule has 3 aromatic rings. The number of hydrogen-bond donors (Lipinski definition) is 3. The lowest BCUT2D eigenvalue weighted by Crippen LogP contribution is -2.09. The van der Waals surface area contributed by atoms with Crippen molar-refractivity contribution in [3.8, 4) is 11.4 Å². The number of benzene rings is 1. The van der Waals surface area contributed by atoms with E-state index in [1.807, 2.05) is 0 Å². The van der Waals surface area contributed by atoms with Crippen LogP contribution in [0.15, 0.2) is 42.6 Å². The Bertz CT molecular complexity index is 932. The summed E-state index contributed by atoms with van der Waals surface area (Å²) in [7, 11) is 0. The molecule has 0 radical (unpaired) electrons. The molecule has 0 amide bonds. The first-order valence-electron chi connectivity index (χ1n) is 7.37. The summed E-state index contributed by atoms with van der Waals surface area (Å²) < 4.78 is 38.3. The van der Waals surface area contributed by atoms with Crippen molar-refractivity contribution in [1.82, 2.24) is 19.9 Å². The first kappa shape index (κ1) is 17.5. The van der Waals surface area contributed by atoms with Crippen LogP contribution in [0.25, 0.3) is 11.4 Å². The molecule has 0 aliphatic heterocycles. The lowest BCUT2D eigenvalue weighted by molar-refractivity contribution is -0.141. The number of nitrogens with one attached hydrogen (secondary N) is 1. The quantitative estimate of drug-likeness (QED) is 0.654. The molecule has 0 saturated heterocycles. The van der Waals surface area contributed by atoms with Crippen LogP contribution in [0.1, 0.15) is 11.3 Å². The van der Waals surface area contributed by atoms with Gasteiger partial charge in [0.15, 0.2) is 5.82 Å². The number of alkyl halides is 3. The number of nitrogen functional groups attached to an aromatic ring is 1. The minimum Gasteiger partial charge on any atom is -0.392 e. The number of anilines is 3. The van der Waals surface area contributed by atoms with Crippen LogP contribution in [-0.2, 0) is 12.8 Å². The highest BCUT2D eigenvalue weighted by Gasteiger charge is 2.32. The Morgan fingerprint density at radius 3 is 2.62 bits per heavy atom. The van der Waals surface area contributed by atoms with E-state index in [9.17, 15) is 18.3 Å². The largest absolute Gasteiger partial charge is 0.433 e. The zero-order valence-corrected chi connectivity index (χ0v) is 13.2. The number of nitrogens with two attached hydrogens (primary N) is 1. The third kappa shape index (κ3) is 4.03. The summed E-state index contributed by atoms with van der Waals surface area (Å²) in [6.07, 6.45) is -3.53. The highest BCUT2D eigenvalue weighted by atomic mass is 19.4. The average molecular weight is 362 g/mol. The van der Waals surface area contributed by atoms with E-state index in [4.69, 9.17) is 5.73 Å². The van der Waals surface area contributed by atoms with Crippen molar-refractivity contribution in [2.75, 3.05) is 11.1 Å². The van der Waals surface area contributed by atoms with E-state index < -0.39 is 11.9 Å². The number of halogens is 3. The van der Waals surface area contributed by atoms with Crippen molar-refractivity contribution in [2.24, 2.45) is 0 Å². The summed E-state index contributed by atoms with van der Waals surface area (Å²) in [4.78, 5) is 15.4. The maximum Gasteiger partial charge on any atom is 0.433 e. The molecule has 0 aliphatic carbocycles. The van der Waals surface area contributed by atoms with Crippen molar-refractivity contribution in [2.45, 2.75) is 12.8 Å². The van der Waals surface area contributed by atoms with Crippen molar-refractivity contribution in [1.29, 1.82) is 0 Å². The maximum atomic E-state index is 12.8. The van der Waals surface area contributed by atoms with Crippen LogP contribution in [0.3, 0.4) is 0 Å². The molecule has 0 unspecified atom stereocenters. The van der Waals surface area contributed by atoms with Gasteiger partial charge in [0.25, 0.3) is 0 Å². The van der Waals surface area contributed by atoms with Gasteiger partial charge in [-0.25, -0.2) is 0 Å². The van der Waals surface area contributed by atoms with Gasteiger partial charge in [0, 0.05) is 17.4 Å². The molecule has 1 aromatic carbocycles. The van der Waals surface area contributed by atoms with Crippen LogP contribution in [0.4, 0.5) is 30.8 Å². The van der Waals surface area contributed by atoms with E-state index in [0.717, 1.165) is 12.3 Å². The van der Waals surface area contributed by atoms with Gasteiger partial charge in [-0.1, -0.05) is 18.2 Å². The molecular formula is C16H13F3N6O. The predicted octanol–water partition coefficient (Wildman–Crippen LogP) is 2.77. The molecule has 26 heavy (non-hydrogen) atoms. The molecule has 2 heterocycles. The van der Waals surface area contributed by atoms with Crippen LogP contribution in [0.2, 0.25) is 0 Å². The molecule has 134 valence electrons. The zero-order chi connectivity index (χ0) is 18.7. The molecule has 0 aliphatic rings. The second-order valence-corrected chi connectivity index (χ2v) is 5.25.